The molecule has 1 nitrogen and oxygen atoms in total. The van der Waals surface area contributed by atoms with E-state index in [9.17, 15) is 8.78 Å². The molecule has 1 unspecified atom stereocenters. The van der Waals surface area contributed by atoms with Gasteiger partial charge in [0.1, 0.15) is 0 Å². The largest absolute Gasteiger partial charge is 0.314 e. The maximum atomic E-state index is 14.0. The summed E-state index contributed by atoms with van der Waals surface area (Å²) in [5.74, 6) is -1.54. The average molecular weight is 289 g/mol. The molecule has 0 fully saturated rings. The van der Waals surface area contributed by atoms with Gasteiger partial charge in [-0.05, 0) is 43.5 Å². The molecule has 2 rings (SSSR count). The number of hydrogen-bond acceptors (Lipinski definition) is 1. The van der Waals surface area contributed by atoms with Crippen LogP contribution in [0.1, 0.15) is 25.0 Å². The molecule has 21 heavy (non-hydrogen) atoms. The summed E-state index contributed by atoms with van der Waals surface area (Å²) in [6.07, 6.45) is 0.916. The van der Waals surface area contributed by atoms with Crippen molar-refractivity contribution in [2.24, 2.45) is 0 Å². The van der Waals surface area contributed by atoms with Gasteiger partial charge in [-0.15, -0.1) is 0 Å². The first-order chi connectivity index (χ1) is 10.0. The van der Waals surface area contributed by atoms with Crippen LogP contribution in [0.2, 0.25) is 0 Å². The molecule has 0 saturated heterocycles. The summed E-state index contributed by atoms with van der Waals surface area (Å²) in [7, 11) is 0. The lowest BCUT2D eigenvalue weighted by molar-refractivity contribution is 0.505. The summed E-state index contributed by atoms with van der Waals surface area (Å²) >= 11 is 0. The maximum absolute atomic E-state index is 14.0. The quantitative estimate of drug-likeness (QED) is 0.855. The fourth-order valence-electron chi connectivity index (χ4n) is 2.46. The molecule has 0 radical (unpaired) electrons. The van der Waals surface area contributed by atoms with Gasteiger partial charge < -0.3 is 5.32 Å². The standard InChI is InChI=1S/C18H21F2N/c1-4-21-13(3)11-14-6-8-15(9-7-14)16-10-5-12(2)17(19)18(16)20/h5-10,13,21H,4,11H2,1-3H3. The molecule has 0 aliphatic rings. The smallest absolute Gasteiger partial charge is 0.166 e. The zero-order valence-electron chi connectivity index (χ0n) is 12.7. The predicted molar refractivity (Wildman–Crippen MR) is 83.4 cm³/mol. The molecule has 112 valence electrons. The highest BCUT2D eigenvalue weighted by molar-refractivity contribution is 5.65. The lowest BCUT2D eigenvalue weighted by atomic mass is 9.99. The molecule has 1 atom stereocenters. The summed E-state index contributed by atoms with van der Waals surface area (Å²) in [5.41, 5.74) is 2.52. The van der Waals surface area contributed by atoms with Crippen molar-refractivity contribution in [2.75, 3.05) is 6.54 Å². The lowest BCUT2D eigenvalue weighted by Gasteiger charge is -2.13. The second kappa shape index (κ2) is 6.81. The van der Waals surface area contributed by atoms with Gasteiger partial charge in [-0.25, -0.2) is 8.78 Å². The first kappa shape index (κ1) is 15.6. The van der Waals surface area contributed by atoms with E-state index < -0.39 is 11.6 Å². The number of rotatable bonds is 5. The van der Waals surface area contributed by atoms with E-state index in [1.807, 2.05) is 24.3 Å². The summed E-state index contributed by atoms with van der Waals surface area (Å²) < 4.78 is 27.6. The highest BCUT2D eigenvalue weighted by Gasteiger charge is 2.12. The molecular formula is C18H21F2N. The summed E-state index contributed by atoms with van der Waals surface area (Å²) in [4.78, 5) is 0. The first-order valence-electron chi connectivity index (χ1n) is 7.30. The van der Waals surface area contributed by atoms with Crippen molar-refractivity contribution < 1.29 is 8.78 Å². The van der Waals surface area contributed by atoms with Gasteiger partial charge in [0.05, 0.1) is 0 Å². The number of benzene rings is 2. The van der Waals surface area contributed by atoms with Crippen molar-refractivity contribution in [3.63, 3.8) is 0 Å². The van der Waals surface area contributed by atoms with Gasteiger partial charge >= 0.3 is 0 Å². The van der Waals surface area contributed by atoms with Gasteiger partial charge in [0.25, 0.3) is 0 Å². The molecule has 0 aliphatic carbocycles. The first-order valence-corrected chi connectivity index (χ1v) is 7.30. The third kappa shape index (κ3) is 3.67. The Morgan fingerprint density at radius 2 is 1.67 bits per heavy atom. The fourth-order valence-corrected chi connectivity index (χ4v) is 2.46. The second-order valence-electron chi connectivity index (χ2n) is 5.42. The number of aryl methyl sites for hydroxylation is 1. The fraction of sp³-hybridized carbons (Fsp3) is 0.333. The van der Waals surface area contributed by atoms with Crippen LogP contribution in [0.3, 0.4) is 0 Å². The lowest BCUT2D eigenvalue weighted by Crippen LogP contribution is -2.27. The average Bonchev–Trinajstić information content (AvgIpc) is 2.46. The number of hydrogen-bond donors (Lipinski definition) is 1. The van der Waals surface area contributed by atoms with Gasteiger partial charge in [0.2, 0.25) is 0 Å². The van der Waals surface area contributed by atoms with Gasteiger partial charge in [-0.2, -0.15) is 0 Å². The molecular weight excluding hydrogens is 268 g/mol. The Hall–Kier alpha value is -1.74. The van der Waals surface area contributed by atoms with Crippen LogP contribution in [0.25, 0.3) is 11.1 Å². The highest BCUT2D eigenvalue weighted by atomic mass is 19.2. The van der Waals surface area contributed by atoms with Gasteiger partial charge in [-0.1, -0.05) is 43.3 Å². The van der Waals surface area contributed by atoms with Crippen molar-refractivity contribution in [1.82, 2.24) is 5.32 Å². The van der Waals surface area contributed by atoms with Crippen molar-refractivity contribution in [1.29, 1.82) is 0 Å². The molecule has 0 bridgehead atoms. The van der Waals surface area contributed by atoms with Crippen LogP contribution in [0.15, 0.2) is 36.4 Å². The Balaban J connectivity index is 2.21. The van der Waals surface area contributed by atoms with E-state index in [1.165, 1.54) is 5.56 Å². The van der Waals surface area contributed by atoms with Gasteiger partial charge in [0.15, 0.2) is 11.6 Å². The molecule has 0 aromatic heterocycles. The van der Waals surface area contributed by atoms with E-state index in [0.29, 0.717) is 22.7 Å². The number of halogens is 2. The van der Waals surface area contributed by atoms with Crippen LogP contribution in [-0.4, -0.2) is 12.6 Å². The summed E-state index contributed by atoms with van der Waals surface area (Å²) in [6, 6.07) is 11.3. The Morgan fingerprint density at radius 1 is 1.00 bits per heavy atom. The summed E-state index contributed by atoms with van der Waals surface area (Å²) in [5, 5.41) is 3.35. The normalized spacial score (nSPS) is 12.4. The molecule has 0 saturated carbocycles. The van der Waals surface area contributed by atoms with E-state index in [1.54, 1.807) is 19.1 Å². The molecule has 1 N–H and O–H groups in total. The monoisotopic (exact) mass is 289 g/mol. The molecule has 0 heterocycles. The van der Waals surface area contributed by atoms with Crippen LogP contribution < -0.4 is 5.32 Å². The molecule has 3 heteroatoms. The van der Waals surface area contributed by atoms with Gasteiger partial charge in [0, 0.05) is 11.6 Å². The zero-order valence-corrected chi connectivity index (χ0v) is 12.7. The van der Waals surface area contributed by atoms with E-state index in [4.69, 9.17) is 0 Å². The summed E-state index contributed by atoms with van der Waals surface area (Å²) in [6.45, 7) is 6.71. The molecule has 0 spiro atoms. The SMILES string of the molecule is CCNC(C)Cc1ccc(-c2ccc(C)c(F)c2F)cc1. The molecule has 2 aromatic rings. The maximum Gasteiger partial charge on any atom is 0.166 e. The third-order valence-corrected chi connectivity index (χ3v) is 3.63. The Labute approximate surface area is 125 Å². The van der Waals surface area contributed by atoms with Gasteiger partial charge in [-0.3, -0.25) is 0 Å². The van der Waals surface area contributed by atoms with Crippen molar-refractivity contribution in [3.05, 3.63) is 59.2 Å². The highest BCUT2D eigenvalue weighted by Crippen LogP contribution is 2.26. The van der Waals surface area contributed by atoms with Crippen molar-refractivity contribution >= 4 is 0 Å². The molecule has 2 aromatic carbocycles. The minimum Gasteiger partial charge on any atom is -0.314 e. The third-order valence-electron chi connectivity index (χ3n) is 3.63. The van der Waals surface area contributed by atoms with E-state index in [-0.39, 0.29) is 0 Å². The minimum atomic E-state index is -0.774. The van der Waals surface area contributed by atoms with E-state index in [0.717, 1.165) is 13.0 Å². The Morgan fingerprint density at radius 3 is 2.29 bits per heavy atom. The molecule has 0 amide bonds. The Kier molecular flexibility index (Phi) is 5.07. The van der Waals surface area contributed by atoms with Crippen molar-refractivity contribution in [2.45, 2.75) is 33.2 Å². The Bertz CT molecular complexity index is 605. The van der Waals surface area contributed by atoms with E-state index in [2.05, 4.69) is 19.2 Å². The van der Waals surface area contributed by atoms with Crippen LogP contribution in [-0.2, 0) is 6.42 Å². The van der Waals surface area contributed by atoms with Crippen molar-refractivity contribution in [3.8, 4) is 11.1 Å². The zero-order chi connectivity index (χ0) is 15.4. The van der Waals surface area contributed by atoms with Crippen LogP contribution in [0.5, 0.6) is 0 Å². The topological polar surface area (TPSA) is 12.0 Å². The second-order valence-corrected chi connectivity index (χ2v) is 5.42. The van der Waals surface area contributed by atoms with Crippen LogP contribution in [0.4, 0.5) is 8.78 Å². The predicted octanol–water partition coefficient (Wildman–Crippen LogP) is 4.48. The minimum absolute atomic E-state index is 0.310. The number of nitrogens with one attached hydrogen (secondary N) is 1. The molecule has 0 aliphatic heterocycles. The van der Waals surface area contributed by atoms with E-state index >= 15 is 0 Å². The van der Waals surface area contributed by atoms with Crippen LogP contribution in [0, 0.1) is 18.6 Å². The van der Waals surface area contributed by atoms with Crippen LogP contribution >= 0.6 is 0 Å². The number of likely N-dealkylation sites (N-methyl/N-ethyl adjacent to an activating group) is 1.